The third kappa shape index (κ3) is 7.32. The Balaban J connectivity index is 1.02. The maximum atomic E-state index is 6.57. The number of hydrogen-bond acceptors (Lipinski definition) is 4. The number of benzene rings is 2. The van der Waals surface area contributed by atoms with E-state index in [1.54, 1.807) is 0 Å². The summed E-state index contributed by atoms with van der Waals surface area (Å²) in [6.45, 7) is 7.49. The van der Waals surface area contributed by atoms with Crippen molar-refractivity contribution in [1.29, 1.82) is 0 Å². The predicted molar refractivity (Wildman–Crippen MR) is 168 cm³/mol. The fraction of sp³-hybridized carbons (Fsp3) is 0.529. The first-order chi connectivity index (χ1) is 19.6. The van der Waals surface area contributed by atoms with Crippen molar-refractivity contribution in [2.45, 2.75) is 63.7 Å². The first kappa shape index (κ1) is 28.7. The molecule has 0 amide bonds. The van der Waals surface area contributed by atoms with Crippen molar-refractivity contribution < 1.29 is 4.74 Å². The minimum absolute atomic E-state index is 0.427. The molecule has 3 aliphatic rings. The minimum atomic E-state index is 0.427. The van der Waals surface area contributed by atoms with Gasteiger partial charge in [-0.2, -0.15) is 11.3 Å². The largest absolute Gasteiger partial charge is 0.373 e. The second-order valence-electron chi connectivity index (χ2n) is 12.4. The highest BCUT2D eigenvalue weighted by molar-refractivity contribution is 7.08. The van der Waals surface area contributed by atoms with E-state index < -0.39 is 0 Å². The molecule has 0 spiro atoms. The topological polar surface area (TPSA) is 15.7 Å². The molecule has 3 unspecified atom stereocenters. The van der Waals surface area contributed by atoms with E-state index in [0.717, 1.165) is 43.1 Å². The lowest BCUT2D eigenvalue weighted by Gasteiger charge is -2.39. The summed E-state index contributed by atoms with van der Waals surface area (Å²) in [6, 6.07) is 18.9. The molecule has 1 aliphatic carbocycles. The van der Waals surface area contributed by atoms with E-state index in [-0.39, 0.29) is 0 Å². The lowest BCUT2D eigenvalue weighted by Crippen LogP contribution is -2.40. The van der Waals surface area contributed by atoms with Gasteiger partial charge in [0.2, 0.25) is 0 Å². The molecular weight excluding hydrogens is 555 g/mol. The fourth-order valence-corrected chi connectivity index (χ4v) is 8.27. The third-order valence-electron chi connectivity index (χ3n) is 9.65. The lowest BCUT2D eigenvalue weighted by molar-refractivity contribution is -0.0421. The van der Waals surface area contributed by atoms with E-state index in [2.05, 4.69) is 63.0 Å². The van der Waals surface area contributed by atoms with Gasteiger partial charge in [0, 0.05) is 42.1 Å². The molecule has 2 saturated heterocycles. The molecule has 3 fully saturated rings. The van der Waals surface area contributed by atoms with Gasteiger partial charge in [-0.05, 0) is 109 Å². The van der Waals surface area contributed by atoms with Crippen LogP contribution in [0.15, 0.2) is 65.4 Å². The van der Waals surface area contributed by atoms with Crippen LogP contribution >= 0.6 is 34.5 Å². The number of nitrogens with zero attached hydrogens (tertiary/aromatic N) is 2. The fourth-order valence-electron chi connectivity index (χ4n) is 7.08. The number of rotatable bonds is 11. The molecule has 0 N–H and O–H groups in total. The van der Waals surface area contributed by atoms with Crippen molar-refractivity contribution in [3.05, 3.63) is 92.1 Å². The van der Waals surface area contributed by atoms with Crippen LogP contribution in [0.1, 0.15) is 61.1 Å². The zero-order valence-electron chi connectivity index (χ0n) is 23.4. The predicted octanol–water partition coefficient (Wildman–Crippen LogP) is 8.76. The molecule has 214 valence electrons. The zero-order valence-corrected chi connectivity index (χ0v) is 25.7. The number of ether oxygens (including phenoxy) is 1. The lowest BCUT2D eigenvalue weighted by atomic mass is 9.76. The van der Waals surface area contributed by atoms with Crippen molar-refractivity contribution >= 4 is 34.5 Å². The van der Waals surface area contributed by atoms with Crippen molar-refractivity contribution in [3.8, 4) is 0 Å². The van der Waals surface area contributed by atoms with Crippen molar-refractivity contribution in [3.63, 3.8) is 0 Å². The molecular formula is C34H42Cl2N2OS. The van der Waals surface area contributed by atoms with Crippen molar-refractivity contribution in [2.24, 2.45) is 17.8 Å². The van der Waals surface area contributed by atoms with Crippen LogP contribution in [-0.2, 0) is 17.9 Å². The molecule has 0 bridgehead atoms. The quantitative estimate of drug-likeness (QED) is 0.220. The SMILES string of the molecule is Clc1ccc(CN2CC(CN3CCC(CC(OCc4ccccc4)C4CCC4)CC3)C(c3ccsc3)C2)c(Cl)c1. The van der Waals surface area contributed by atoms with Crippen molar-refractivity contribution in [1.82, 2.24) is 9.80 Å². The van der Waals surface area contributed by atoms with E-state index >= 15 is 0 Å². The van der Waals surface area contributed by atoms with Gasteiger partial charge >= 0.3 is 0 Å². The molecule has 3 aromatic rings. The number of hydrogen-bond donors (Lipinski definition) is 0. The monoisotopic (exact) mass is 596 g/mol. The molecule has 3 nitrogen and oxygen atoms in total. The second kappa shape index (κ2) is 13.7. The van der Waals surface area contributed by atoms with Gasteiger partial charge in [-0.1, -0.05) is 66.0 Å². The van der Waals surface area contributed by atoms with Crippen LogP contribution in [-0.4, -0.2) is 48.6 Å². The molecule has 1 saturated carbocycles. The number of piperidine rings is 1. The summed E-state index contributed by atoms with van der Waals surface area (Å²) in [6.07, 6.45) is 8.35. The number of halogens is 2. The number of likely N-dealkylation sites (tertiary alicyclic amines) is 2. The average molecular weight is 598 g/mol. The van der Waals surface area contributed by atoms with E-state index in [9.17, 15) is 0 Å². The Morgan fingerprint density at radius 2 is 1.75 bits per heavy atom. The Morgan fingerprint density at radius 1 is 0.925 bits per heavy atom. The molecule has 6 rings (SSSR count). The van der Waals surface area contributed by atoms with Gasteiger partial charge in [0.15, 0.2) is 0 Å². The second-order valence-corrected chi connectivity index (χ2v) is 14.0. The van der Waals surface area contributed by atoms with Gasteiger partial charge < -0.3 is 9.64 Å². The molecule has 1 aromatic heterocycles. The Kier molecular flexibility index (Phi) is 9.84. The highest BCUT2D eigenvalue weighted by atomic mass is 35.5. The molecule has 2 aliphatic heterocycles. The summed E-state index contributed by atoms with van der Waals surface area (Å²) < 4.78 is 6.57. The highest BCUT2D eigenvalue weighted by Gasteiger charge is 2.37. The van der Waals surface area contributed by atoms with Crippen LogP contribution in [0.3, 0.4) is 0 Å². The first-order valence-corrected chi connectivity index (χ1v) is 16.9. The smallest absolute Gasteiger partial charge is 0.0720 e. The van der Waals surface area contributed by atoms with Crippen LogP contribution in [0.4, 0.5) is 0 Å². The average Bonchev–Trinajstić information content (AvgIpc) is 3.60. The van der Waals surface area contributed by atoms with Gasteiger partial charge in [-0.15, -0.1) is 0 Å². The third-order valence-corrected chi connectivity index (χ3v) is 10.9. The Morgan fingerprint density at radius 3 is 2.45 bits per heavy atom. The van der Waals surface area contributed by atoms with Gasteiger partial charge in [0.25, 0.3) is 0 Å². The molecule has 40 heavy (non-hydrogen) atoms. The summed E-state index contributed by atoms with van der Waals surface area (Å²) >= 11 is 14.5. The summed E-state index contributed by atoms with van der Waals surface area (Å²) in [5.74, 6) is 2.79. The molecule has 0 radical (unpaired) electrons. The molecule has 6 heteroatoms. The zero-order chi connectivity index (χ0) is 27.3. The molecule has 2 aromatic carbocycles. The van der Waals surface area contributed by atoms with Crippen molar-refractivity contribution in [2.75, 3.05) is 32.7 Å². The van der Waals surface area contributed by atoms with E-state index in [4.69, 9.17) is 27.9 Å². The normalized spacial score (nSPS) is 23.9. The maximum Gasteiger partial charge on any atom is 0.0720 e. The van der Waals surface area contributed by atoms with E-state index in [1.165, 1.54) is 74.8 Å². The van der Waals surface area contributed by atoms with Crippen LogP contribution in [0.25, 0.3) is 0 Å². The van der Waals surface area contributed by atoms with Crippen LogP contribution in [0.5, 0.6) is 0 Å². The van der Waals surface area contributed by atoms with Crippen LogP contribution < -0.4 is 0 Å². The standard InChI is InChI=1S/C34H42Cl2N2OS/c35-31-10-9-28(33(36)18-31)19-38-21-30(32(22-38)29-13-16-40-24-29)20-37-14-11-25(12-15-37)17-34(27-7-4-8-27)39-23-26-5-2-1-3-6-26/h1-3,5-6,9-10,13,16,18,24-25,27,30,32,34H,4,7-8,11-12,14-15,17,19-23H2. The van der Waals surface area contributed by atoms with E-state index in [1.807, 2.05) is 23.5 Å². The Labute approximate surface area is 254 Å². The van der Waals surface area contributed by atoms with Gasteiger partial charge in [-0.25, -0.2) is 0 Å². The minimum Gasteiger partial charge on any atom is -0.373 e. The summed E-state index contributed by atoms with van der Waals surface area (Å²) in [7, 11) is 0. The van der Waals surface area contributed by atoms with Crippen LogP contribution in [0.2, 0.25) is 10.0 Å². The summed E-state index contributed by atoms with van der Waals surface area (Å²) in [4.78, 5) is 5.35. The van der Waals surface area contributed by atoms with E-state index in [0.29, 0.717) is 23.0 Å². The van der Waals surface area contributed by atoms with Crippen LogP contribution in [0, 0.1) is 17.8 Å². The van der Waals surface area contributed by atoms with Gasteiger partial charge in [0.05, 0.1) is 12.7 Å². The Hall–Kier alpha value is -1.40. The summed E-state index contributed by atoms with van der Waals surface area (Å²) in [5, 5.41) is 6.07. The van der Waals surface area contributed by atoms with Gasteiger partial charge in [-0.3, -0.25) is 4.90 Å². The molecule has 3 atom stereocenters. The van der Waals surface area contributed by atoms with Gasteiger partial charge in [0.1, 0.15) is 0 Å². The summed E-state index contributed by atoms with van der Waals surface area (Å²) in [5.41, 5.74) is 3.98. The molecule has 3 heterocycles. The highest BCUT2D eigenvalue weighted by Crippen LogP contribution is 2.39. The maximum absolute atomic E-state index is 6.57. The first-order valence-electron chi connectivity index (χ1n) is 15.2. The Bertz CT molecular complexity index is 1190. The number of thiophene rings is 1.